The molecule has 23 heavy (non-hydrogen) atoms. The number of likely N-dealkylation sites (tertiary alicyclic amines) is 1. The standard InChI is InChI=1S/C17H21N3O3/c1-11-4-9-20-14(10-11)18-12(2)15(20)16(21)19-7-5-13(6-8-19)17(22)23-3/h4,9-10,13H,5-8H2,1-3H3. The first-order valence-corrected chi connectivity index (χ1v) is 7.83. The second-order valence-corrected chi connectivity index (χ2v) is 6.07. The van der Waals surface area contributed by atoms with Crippen molar-refractivity contribution in [1.29, 1.82) is 0 Å². The first-order chi connectivity index (χ1) is 11.0. The molecule has 0 saturated carbocycles. The molecule has 1 fully saturated rings. The highest BCUT2D eigenvalue weighted by Crippen LogP contribution is 2.22. The first-order valence-electron chi connectivity index (χ1n) is 7.83. The van der Waals surface area contributed by atoms with Crippen LogP contribution in [-0.2, 0) is 9.53 Å². The molecule has 6 heteroatoms. The van der Waals surface area contributed by atoms with Crippen LogP contribution < -0.4 is 0 Å². The molecule has 3 heterocycles. The monoisotopic (exact) mass is 315 g/mol. The molecule has 1 aliphatic heterocycles. The van der Waals surface area contributed by atoms with E-state index in [1.807, 2.05) is 36.6 Å². The highest BCUT2D eigenvalue weighted by molar-refractivity contribution is 5.95. The van der Waals surface area contributed by atoms with Gasteiger partial charge >= 0.3 is 5.97 Å². The maximum atomic E-state index is 12.9. The number of esters is 1. The van der Waals surface area contributed by atoms with Gasteiger partial charge in [0, 0.05) is 19.3 Å². The van der Waals surface area contributed by atoms with E-state index >= 15 is 0 Å². The highest BCUT2D eigenvalue weighted by Gasteiger charge is 2.30. The molecular weight excluding hydrogens is 294 g/mol. The number of aryl methyl sites for hydroxylation is 2. The van der Waals surface area contributed by atoms with Crippen molar-refractivity contribution in [2.45, 2.75) is 26.7 Å². The van der Waals surface area contributed by atoms with Gasteiger partial charge in [0.05, 0.1) is 18.7 Å². The Labute approximate surface area is 135 Å². The van der Waals surface area contributed by atoms with Crippen LogP contribution in [0.1, 0.15) is 34.6 Å². The molecule has 1 saturated heterocycles. The quantitative estimate of drug-likeness (QED) is 0.795. The van der Waals surface area contributed by atoms with Crippen molar-refractivity contribution < 1.29 is 14.3 Å². The number of methoxy groups -OCH3 is 1. The summed E-state index contributed by atoms with van der Waals surface area (Å²) in [6, 6.07) is 3.93. The van der Waals surface area contributed by atoms with Crippen LogP contribution in [0.2, 0.25) is 0 Å². The maximum absolute atomic E-state index is 12.9. The zero-order valence-electron chi connectivity index (χ0n) is 13.7. The third-order valence-electron chi connectivity index (χ3n) is 4.48. The van der Waals surface area contributed by atoms with E-state index in [1.54, 1.807) is 4.90 Å². The molecule has 0 aromatic carbocycles. The molecule has 0 radical (unpaired) electrons. The summed E-state index contributed by atoms with van der Waals surface area (Å²) in [5.74, 6) is -0.310. The number of piperidine rings is 1. The molecule has 0 unspecified atom stereocenters. The Kier molecular flexibility index (Phi) is 4.07. The number of carbonyl (C=O) groups is 2. The van der Waals surface area contributed by atoms with Crippen molar-refractivity contribution in [3.05, 3.63) is 35.3 Å². The lowest BCUT2D eigenvalue weighted by atomic mass is 9.97. The minimum atomic E-state index is -0.182. The molecule has 1 amide bonds. The number of rotatable bonds is 2. The topological polar surface area (TPSA) is 63.9 Å². The second-order valence-electron chi connectivity index (χ2n) is 6.07. The number of aromatic nitrogens is 2. The number of imidazole rings is 1. The van der Waals surface area contributed by atoms with Crippen molar-refractivity contribution in [2.24, 2.45) is 5.92 Å². The van der Waals surface area contributed by atoms with Gasteiger partial charge in [-0.15, -0.1) is 0 Å². The van der Waals surface area contributed by atoms with Gasteiger partial charge in [0.15, 0.2) is 0 Å². The largest absolute Gasteiger partial charge is 0.469 e. The van der Waals surface area contributed by atoms with Crippen molar-refractivity contribution in [3.8, 4) is 0 Å². The summed E-state index contributed by atoms with van der Waals surface area (Å²) in [6.45, 7) is 4.99. The molecule has 2 aromatic heterocycles. The zero-order valence-corrected chi connectivity index (χ0v) is 13.7. The lowest BCUT2D eigenvalue weighted by Gasteiger charge is -2.30. The molecule has 0 atom stereocenters. The number of hydrogen-bond acceptors (Lipinski definition) is 4. The number of nitrogens with zero attached hydrogens (tertiary/aromatic N) is 3. The summed E-state index contributed by atoms with van der Waals surface area (Å²) < 4.78 is 6.63. The maximum Gasteiger partial charge on any atom is 0.308 e. The Bertz CT molecular complexity index is 758. The minimum absolute atomic E-state index is 0.0258. The molecule has 0 N–H and O–H groups in total. The van der Waals surface area contributed by atoms with Crippen LogP contribution in [0.25, 0.3) is 5.65 Å². The van der Waals surface area contributed by atoms with Gasteiger partial charge in [0.1, 0.15) is 11.3 Å². The van der Waals surface area contributed by atoms with Crippen molar-refractivity contribution >= 4 is 17.5 Å². The first kappa shape index (κ1) is 15.5. The molecule has 6 nitrogen and oxygen atoms in total. The summed E-state index contributed by atoms with van der Waals surface area (Å²) in [7, 11) is 1.41. The van der Waals surface area contributed by atoms with E-state index in [9.17, 15) is 9.59 Å². The van der Waals surface area contributed by atoms with Crippen molar-refractivity contribution in [2.75, 3.05) is 20.2 Å². The predicted molar refractivity (Wildman–Crippen MR) is 85.3 cm³/mol. The lowest BCUT2D eigenvalue weighted by Crippen LogP contribution is -2.41. The molecule has 0 aliphatic carbocycles. The van der Waals surface area contributed by atoms with Gasteiger partial charge in [-0.1, -0.05) is 0 Å². The Balaban J connectivity index is 1.82. The van der Waals surface area contributed by atoms with Crippen LogP contribution in [0.4, 0.5) is 0 Å². The van der Waals surface area contributed by atoms with E-state index < -0.39 is 0 Å². The van der Waals surface area contributed by atoms with Crippen LogP contribution in [0.15, 0.2) is 18.3 Å². The van der Waals surface area contributed by atoms with Crippen molar-refractivity contribution in [1.82, 2.24) is 14.3 Å². The minimum Gasteiger partial charge on any atom is -0.469 e. The molecule has 0 spiro atoms. The van der Waals surface area contributed by atoms with Crippen LogP contribution in [0.5, 0.6) is 0 Å². The van der Waals surface area contributed by atoms with Gasteiger partial charge in [-0.05, 0) is 44.4 Å². The van der Waals surface area contributed by atoms with E-state index in [2.05, 4.69) is 4.98 Å². The van der Waals surface area contributed by atoms with Gasteiger partial charge in [-0.2, -0.15) is 0 Å². The Morgan fingerprint density at radius 1 is 1.26 bits per heavy atom. The normalized spacial score (nSPS) is 15.9. The average molecular weight is 315 g/mol. The van der Waals surface area contributed by atoms with Crippen LogP contribution >= 0.6 is 0 Å². The summed E-state index contributed by atoms with van der Waals surface area (Å²) in [4.78, 5) is 30.8. The molecule has 2 aromatic rings. The number of hydrogen-bond donors (Lipinski definition) is 0. The van der Waals surface area contributed by atoms with E-state index in [4.69, 9.17) is 4.74 Å². The second kappa shape index (κ2) is 6.02. The SMILES string of the molecule is COC(=O)C1CCN(C(=O)c2c(C)nc3cc(C)ccn23)CC1. The lowest BCUT2D eigenvalue weighted by molar-refractivity contribution is -0.146. The molecule has 122 valence electrons. The van der Waals surface area contributed by atoms with Gasteiger partial charge < -0.3 is 9.64 Å². The Hall–Kier alpha value is -2.37. The predicted octanol–water partition coefficient (Wildman–Crippen LogP) is 1.98. The molecular formula is C17H21N3O3. The van der Waals surface area contributed by atoms with Crippen molar-refractivity contribution in [3.63, 3.8) is 0 Å². The fourth-order valence-electron chi connectivity index (χ4n) is 3.16. The third kappa shape index (κ3) is 2.81. The Morgan fingerprint density at radius 3 is 2.61 bits per heavy atom. The number of ether oxygens (including phenoxy) is 1. The number of fused-ring (bicyclic) bond motifs is 1. The fourth-order valence-corrected chi connectivity index (χ4v) is 3.16. The Morgan fingerprint density at radius 2 is 1.96 bits per heavy atom. The highest BCUT2D eigenvalue weighted by atomic mass is 16.5. The van der Waals surface area contributed by atoms with Gasteiger partial charge in [0.2, 0.25) is 0 Å². The summed E-state index contributed by atoms with van der Waals surface area (Å²) in [5.41, 5.74) is 3.24. The molecule has 0 bridgehead atoms. The van der Waals surface area contributed by atoms with Gasteiger partial charge in [-0.3, -0.25) is 14.0 Å². The summed E-state index contributed by atoms with van der Waals surface area (Å²) in [5, 5.41) is 0. The van der Waals surface area contributed by atoms with E-state index in [0.717, 1.165) is 16.9 Å². The number of amides is 1. The number of pyridine rings is 1. The molecule has 3 rings (SSSR count). The fraction of sp³-hybridized carbons (Fsp3) is 0.471. The molecule has 1 aliphatic rings. The average Bonchev–Trinajstić information content (AvgIpc) is 2.88. The van der Waals surface area contributed by atoms with Crippen LogP contribution in [-0.4, -0.2) is 46.4 Å². The number of carbonyl (C=O) groups excluding carboxylic acids is 2. The zero-order chi connectivity index (χ0) is 16.6. The van der Waals surface area contributed by atoms with Gasteiger partial charge in [0.25, 0.3) is 5.91 Å². The smallest absolute Gasteiger partial charge is 0.308 e. The van der Waals surface area contributed by atoms with Crippen LogP contribution in [0.3, 0.4) is 0 Å². The van der Waals surface area contributed by atoms with E-state index in [0.29, 0.717) is 31.6 Å². The summed E-state index contributed by atoms with van der Waals surface area (Å²) in [6.07, 6.45) is 3.18. The van der Waals surface area contributed by atoms with E-state index in [-0.39, 0.29) is 17.8 Å². The van der Waals surface area contributed by atoms with Gasteiger partial charge in [-0.25, -0.2) is 4.98 Å². The van der Waals surface area contributed by atoms with Crippen LogP contribution in [0, 0.1) is 19.8 Å². The van der Waals surface area contributed by atoms with E-state index in [1.165, 1.54) is 7.11 Å². The summed E-state index contributed by atoms with van der Waals surface area (Å²) >= 11 is 0. The third-order valence-corrected chi connectivity index (χ3v) is 4.48.